The van der Waals surface area contributed by atoms with E-state index >= 15 is 0 Å². The fourth-order valence-electron chi connectivity index (χ4n) is 2.06. The van der Waals surface area contributed by atoms with Crippen LogP contribution >= 0.6 is 11.6 Å². The summed E-state index contributed by atoms with van der Waals surface area (Å²) >= 11 is 5.79. The van der Waals surface area contributed by atoms with Gasteiger partial charge in [0.15, 0.2) is 0 Å². The van der Waals surface area contributed by atoms with Crippen LogP contribution in [0.4, 0.5) is 18.9 Å². The van der Waals surface area contributed by atoms with Crippen molar-refractivity contribution in [1.29, 1.82) is 0 Å². The summed E-state index contributed by atoms with van der Waals surface area (Å²) in [5.74, 6) is -1.28. The molecule has 0 heterocycles. The monoisotopic (exact) mass is 413 g/mol. The molecule has 2 amide bonds. The Morgan fingerprint density at radius 3 is 2.46 bits per heavy atom. The summed E-state index contributed by atoms with van der Waals surface area (Å²) in [5, 5.41) is 15.4. The molecule has 2 rings (SSSR count). The predicted molar refractivity (Wildman–Crippen MR) is 98.2 cm³/mol. The van der Waals surface area contributed by atoms with Crippen LogP contribution in [0.25, 0.3) is 0 Å². The molecule has 0 aliphatic carbocycles. The molecule has 0 bridgehead atoms. The summed E-state index contributed by atoms with van der Waals surface area (Å²) in [5.41, 5.74) is 1.42. The third-order valence-electron chi connectivity index (χ3n) is 3.48. The van der Waals surface area contributed by atoms with Gasteiger partial charge in [0.25, 0.3) is 0 Å². The van der Waals surface area contributed by atoms with Gasteiger partial charge >= 0.3 is 6.18 Å². The van der Waals surface area contributed by atoms with E-state index < -0.39 is 23.6 Å². The molecule has 2 aromatic carbocycles. The number of aromatic hydroxyl groups is 1. The van der Waals surface area contributed by atoms with Crippen molar-refractivity contribution >= 4 is 35.3 Å². The fraction of sp³-hybridized carbons (Fsp3) is 0.167. The minimum absolute atomic E-state index is 0.0159. The van der Waals surface area contributed by atoms with Crippen molar-refractivity contribution in [1.82, 2.24) is 5.43 Å². The van der Waals surface area contributed by atoms with Crippen LogP contribution in [0.5, 0.6) is 5.75 Å². The molecular weight excluding hydrogens is 399 g/mol. The number of nitrogens with one attached hydrogen (secondary N) is 2. The summed E-state index contributed by atoms with van der Waals surface area (Å²) in [4.78, 5) is 23.6. The van der Waals surface area contributed by atoms with Gasteiger partial charge in [0.2, 0.25) is 11.8 Å². The van der Waals surface area contributed by atoms with Crippen molar-refractivity contribution in [2.45, 2.75) is 19.0 Å². The van der Waals surface area contributed by atoms with Crippen LogP contribution in [0.1, 0.15) is 24.0 Å². The Morgan fingerprint density at radius 1 is 1.11 bits per heavy atom. The first-order valence-corrected chi connectivity index (χ1v) is 8.31. The number of carbonyl (C=O) groups excluding carboxylic acids is 2. The van der Waals surface area contributed by atoms with Crippen LogP contribution in [0, 0.1) is 0 Å². The largest absolute Gasteiger partial charge is 0.507 e. The Labute approximate surface area is 163 Å². The first-order valence-electron chi connectivity index (χ1n) is 7.93. The third-order valence-corrected chi connectivity index (χ3v) is 3.81. The minimum Gasteiger partial charge on any atom is -0.507 e. The molecule has 10 heteroatoms. The molecule has 3 N–H and O–H groups in total. The molecule has 0 fully saturated rings. The second-order valence-corrected chi connectivity index (χ2v) is 6.00. The van der Waals surface area contributed by atoms with Gasteiger partial charge in [-0.05, 0) is 30.3 Å². The lowest BCUT2D eigenvalue weighted by molar-refractivity contribution is -0.137. The number of benzene rings is 2. The number of phenols is 1. The van der Waals surface area contributed by atoms with Gasteiger partial charge in [-0.25, -0.2) is 5.43 Å². The lowest BCUT2D eigenvalue weighted by Gasteiger charge is -2.11. The molecule has 0 saturated heterocycles. The Bertz CT molecular complexity index is 901. The van der Waals surface area contributed by atoms with E-state index in [9.17, 15) is 27.9 Å². The first kappa shape index (κ1) is 21.2. The Morgan fingerprint density at radius 2 is 1.79 bits per heavy atom. The van der Waals surface area contributed by atoms with Gasteiger partial charge in [-0.15, -0.1) is 0 Å². The smallest absolute Gasteiger partial charge is 0.416 e. The molecule has 2 aromatic rings. The number of carbonyl (C=O) groups is 2. The highest BCUT2D eigenvalue weighted by Gasteiger charge is 2.31. The zero-order valence-electron chi connectivity index (χ0n) is 14.3. The molecule has 0 unspecified atom stereocenters. The number of rotatable bonds is 6. The zero-order chi connectivity index (χ0) is 20.7. The highest BCUT2D eigenvalue weighted by Crippen LogP contribution is 2.33. The molecule has 28 heavy (non-hydrogen) atoms. The molecular formula is C18H15ClF3N3O3. The number of halogens is 4. The van der Waals surface area contributed by atoms with E-state index in [2.05, 4.69) is 15.8 Å². The number of hydrogen-bond acceptors (Lipinski definition) is 4. The maximum Gasteiger partial charge on any atom is 0.416 e. The molecule has 0 spiro atoms. The molecule has 0 atom stereocenters. The second-order valence-electron chi connectivity index (χ2n) is 5.59. The van der Waals surface area contributed by atoms with Crippen molar-refractivity contribution in [3.63, 3.8) is 0 Å². The number of anilines is 1. The topological polar surface area (TPSA) is 90.8 Å². The average Bonchev–Trinajstić information content (AvgIpc) is 2.62. The van der Waals surface area contributed by atoms with E-state index in [1.54, 1.807) is 18.2 Å². The van der Waals surface area contributed by atoms with E-state index in [1.807, 2.05) is 0 Å². The summed E-state index contributed by atoms with van der Waals surface area (Å²) in [6.07, 6.45) is -3.88. The third kappa shape index (κ3) is 6.27. The second kappa shape index (κ2) is 9.23. The van der Waals surface area contributed by atoms with Gasteiger partial charge in [-0.2, -0.15) is 18.3 Å². The Kier molecular flexibility index (Phi) is 7.00. The maximum atomic E-state index is 12.7. The highest BCUT2D eigenvalue weighted by molar-refractivity contribution is 6.33. The molecule has 0 radical (unpaired) electrons. The molecule has 0 saturated carbocycles. The molecule has 0 aliphatic rings. The number of amides is 2. The lowest BCUT2D eigenvalue weighted by Crippen LogP contribution is -2.21. The molecule has 0 aliphatic heterocycles. The van der Waals surface area contributed by atoms with Gasteiger partial charge in [-0.1, -0.05) is 23.7 Å². The van der Waals surface area contributed by atoms with Crippen molar-refractivity contribution in [3.8, 4) is 5.75 Å². The van der Waals surface area contributed by atoms with E-state index in [1.165, 1.54) is 12.3 Å². The van der Waals surface area contributed by atoms with Crippen molar-refractivity contribution in [3.05, 3.63) is 58.6 Å². The quantitative estimate of drug-likeness (QED) is 0.495. The van der Waals surface area contributed by atoms with Crippen LogP contribution in [0.15, 0.2) is 47.6 Å². The Balaban J connectivity index is 1.85. The summed E-state index contributed by atoms with van der Waals surface area (Å²) in [6.45, 7) is 0. The fourth-order valence-corrected chi connectivity index (χ4v) is 2.23. The van der Waals surface area contributed by atoms with Gasteiger partial charge in [0.05, 0.1) is 22.5 Å². The summed E-state index contributed by atoms with van der Waals surface area (Å²) in [6, 6.07) is 8.88. The number of alkyl halides is 3. The molecule has 0 aromatic heterocycles. The lowest BCUT2D eigenvalue weighted by atomic mass is 10.2. The van der Waals surface area contributed by atoms with Gasteiger partial charge in [-0.3, -0.25) is 9.59 Å². The van der Waals surface area contributed by atoms with E-state index in [0.717, 1.165) is 18.2 Å². The summed E-state index contributed by atoms with van der Waals surface area (Å²) in [7, 11) is 0. The van der Waals surface area contributed by atoms with Crippen molar-refractivity contribution < 1.29 is 27.9 Å². The minimum atomic E-state index is -4.57. The van der Waals surface area contributed by atoms with Gasteiger partial charge < -0.3 is 10.4 Å². The van der Waals surface area contributed by atoms with Gasteiger partial charge in [0, 0.05) is 18.4 Å². The predicted octanol–water partition coefficient (Wildman–Crippen LogP) is 3.93. The van der Waals surface area contributed by atoms with Crippen LogP contribution in [-0.2, 0) is 15.8 Å². The molecule has 148 valence electrons. The van der Waals surface area contributed by atoms with Crippen molar-refractivity contribution in [2.24, 2.45) is 5.10 Å². The number of hydrazone groups is 1. The first-order chi connectivity index (χ1) is 13.2. The van der Waals surface area contributed by atoms with Crippen LogP contribution in [0.2, 0.25) is 5.02 Å². The average molecular weight is 414 g/mol. The Hall–Kier alpha value is -3.07. The zero-order valence-corrected chi connectivity index (χ0v) is 15.0. The number of para-hydroxylation sites is 1. The number of nitrogens with zero attached hydrogens (tertiary/aromatic N) is 1. The van der Waals surface area contributed by atoms with E-state index in [4.69, 9.17) is 11.6 Å². The number of hydrogen-bond donors (Lipinski definition) is 3. The van der Waals surface area contributed by atoms with Gasteiger partial charge in [0.1, 0.15) is 5.75 Å². The van der Waals surface area contributed by atoms with Crippen LogP contribution in [0.3, 0.4) is 0 Å². The number of phenolic OH excluding ortho intramolecular Hbond substituents is 1. The van der Waals surface area contributed by atoms with E-state index in [0.29, 0.717) is 5.56 Å². The van der Waals surface area contributed by atoms with Crippen LogP contribution < -0.4 is 10.7 Å². The molecule has 6 nitrogen and oxygen atoms in total. The highest BCUT2D eigenvalue weighted by atomic mass is 35.5. The normalized spacial score (nSPS) is 11.4. The standard InChI is InChI=1S/C18H15ClF3N3O3/c19-13-6-5-12(18(20,21)22)9-14(13)24-16(27)7-8-17(28)25-23-10-11-3-1-2-4-15(11)26/h1-6,9-10,26H,7-8H2,(H,24,27)(H,25,28). The SMILES string of the molecule is O=C(CCC(=O)Nc1cc(C(F)(F)F)ccc1Cl)NN=Cc1ccccc1O. The summed E-state index contributed by atoms with van der Waals surface area (Å²) < 4.78 is 38.2. The van der Waals surface area contributed by atoms with E-state index in [-0.39, 0.29) is 29.3 Å². The van der Waals surface area contributed by atoms with Crippen molar-refractivity contribution in [2.75, 3.05) is 5.32 Å². The van der Waals surface area contributed by atoms with Crippen LogP contribution in [-0.4, -0.2) is 23.1 Å². The maximum absolute atomic E-state index is 12.7.